The van der Waals surface area contributed by atoms with Crippen molar-refractivity contribution < 1.29 is 0 Å². The first-order valence-corrected chi connectivity index (χ1v) is 19.9. The van der Waals surface area contributed by atoms with Crippen molar-refractivity contribution in [1.82, 2.24) is 0 Å². The molecule has 1 nitrogen and oxygen atoms in total. The molecule has 264 valence electrons. The SMILES string of the molecule is c1ccc(-c2ccccc2-c2c(-c3ccccc3)cccc2N(c2cccc(-c3cccc4c3sc3ccccc34)c2)c2ccccc2-c2ccccc2)cc1. The van der Waals surface area contributed by atoms with E-state index in [-0.39, 0.29) is 0 Å². The number of anilines is 3. The van der Waals surface area contributed by atoms with Crippen molar-refractivity contribution in [3.63, 3.8) is 0 Å². The lowest BCUT2D eigenvalue weighted by atomic mass is 9.87. The lowest BCUT2D eigenvalue weighted by Crippen LogP contribution is -2.13. The molecule has 0 saturated carbocycles. The molecule has 0 aliphatic heterocycles. The number of thiophene rings is 1. The third-order valence-corrected chi connectivity index (χ3v) is 11.9. The molecule has 1 heterocycles. The van der Waals surface area contributed by atoms with Crippen molar-refractivity contribution >= 4 is 48.6 Å². The van der Waals surface area contributed by atoms with Crippen LogP contribution in [-0.4, -0.2) is 0 Å². The van der Waals surface area contributed by atoms with Crippen LogP contribution in [0.3, 0.4) is 0 Å². The van der Waals surface area contributed by atoms with Gasteiger partial charge >= 0.3 is 0 Å². The fourth-order valence-electron chi connectivity index (χ4n) is 8.16. The molecule has 1 aromatic heterocycles. The molecule has 0 bridgehead atoms. The van der Waals surface area contributed by atoms with Gasteiger partial charge in [-0.05, 0) is 74.8 Å². The maximum Gasteiger partial charge on any atom is 0.0546 e. The van der Waals surface area contributed by atoms with Crippen LogP contribution in [0.2, 0.25) is 0 Å². The van der Waals surface area contributed by atoms with Gasteiger partial charge in [0.15, 0.2) is 0 Å². The highest BCUT2D eigenvalue weighted by atomic mass is 32.1. The number of nitrogens with zero attached hydrogens (tertiary/aromatic N) is 1. The summed E-state index contributed by atoms with van der Waals surface area (Å²) in [6, 6.07) is 81.4. The molecule has 0 aliphatic carbocycles. The zero-order chi connectivity index (χ0) is 37.3. The Balaban J connectivity index is 1.27. The molecule has 0 N–H and O–H groups in total. The van der Waals surface area contributed by atoms with E-state index >= 15 is 0 Å². The van der Waals surface area contributed by atoms with Crippen molar-refractivity contribution in [2.45, 2.75) is 0 Å². The summed E-state index contributed by atoms with van der Waals surface area (Å²) in [5, 5.41) is 2.61. The maximum absolute atomic E-state index is 2.49. The first kappa shape index (κ1) is 33.6. The third-order valence-electron chi connectivity index (χ3n) is 10.7. The van der Waals surface area contributed by atoms with E-state index in [1.165, 1.54) is 70.2 Å². The van der Waals surface area contributed by atoms with Crippen LogP contribution in [0.4, 0.5) is 17.1 Å². The Morgan fingerprint density at radius 1 is 0.304 bits per heavy atom. The highest BCUT2D eigenvalue weighted by Gasteiger charge is 2.25. The summed E-state index contributed by atoms with van der Waals surface area (Å²) in [5.41, 5.74) is 15.2. The van der Waals surface area contributed by atoms with Gasteiger partial charge in [0.05, 0.1) is 11.4 Å². The van der Waals surface area contributed by atoms with Crippen LogP contribution in [0.5, 0.6) is 0 Å². The van der Waals surface area contributed by atoms with E-state index in [4.69, 9.17) is 0 Å². The van der Waals surface area contributed by atoms with E-state index in [1.807, 2.05) is 11.3 Å². The highest BCUT2D eigenvalue weighted by molar-refractivity contribution is 7.26. The number of rotatable bonds is 8. The van der Waals surface area contributed by atoms with Crippen molar-refractivity contribution in [3.8, 4) is 55.6 Å². The average molecular weight is 732 g/mol. The van der Waals surface area contributed by atoms with Crippen LogP contribution >= 0.6 is 11.3 Å². The monoisotopic (exact) mass is 731 g/mol. The molecule has 0 amide bonds. The van der Waals surface area contributed by atoms with E-state index in [0.717, 1.165) is 22.6 Å². The Labute approximate surface area is 332 Å². The third kappa shape index (κ3) is 6.07. The Morgan fingerprint density at radius 2 is 0.786 bits per heavy atom. The number of para-hydroxylation sites is 1. The van der Waals surface area contributed by atoms with Gasteiger partial charge < -0.3 is 4.90 Å². The first-order valence-electron chi connectivity index (χ1n) is 19.1. The van der Waals surface area contributed by atoms with E-state index in [1.54, 1.807) is 0 Å². The Morgan fingerprint density at radius 3 is 1.54 bits per heavy atom. The van der Waals surface area contributed by atoms with Crippen LogP contribution in [0.1, 0.15) is 0 Å². The van der Waals surface area contributed by atoms with E-state index in [0.29, 0.717) is 0 Å². The van der Waals surface area contributed by atoms with Crippen LogP contribution in [-0.2, 0) is 0 Å². The molecule has 0 aliphatic rings. The summed E-state index contributed by atoms with van der Waals surface area (Å²) < 4.78 is 2.62. The van der Waals surface area contributed by atoms with Crippen molar-refractivity contribution in [2.75, 3.05) is 4.90 Å². The zero-order valence-electron chi connectivity index (χ0n) is 30.7. The summed E-state index contributed by atoms with van der Waals surface area (Å²) in [4.78, 5) is 2.49. The number of benzene rings is 9. The van der Waals surface area contributed by atoms with Crippen LogP contribution in [0, 0.1) is 0 Å². The molecule has 0 saturated heterocycles. The van der Waals surface area contributed by atoms with Gasteiger partial charge in [0.1, 0.15) is 0 Å². The quantitative estimate of drug-likeness (QED) is 0.150. The topological polar surface area (TPSA) is 3.24 Å². The summed E-state index contributed by atoms with van der Waals surface area (Å²) >= 11 is 1.88. The van der Waals surface area contributed by atoms with Gasteiger partial charge in [-0.3, -0.25) is 0 Å². The van der Waals surface area contributed by atoms with Crippen molar-refractivity contribution in [3.05, 3.63) is 224 Å². The minimum Gasteiger partial charge on any atom is -0.309 e. The molecule has 0 fully saturated rings. The van der Waals surface area contributed by atoms with Gasteiger partial charge in [0, 0.05) is 37.0 Å². The van der Waals surface area contributed by atoms with Crippen molar-refractivity contribution in [2.24, 2.45) is 0 Å². The second-order valence-electron chi connectivity index (χ2n) is 14.0. The van der Waals surface area contributed by atoms with E-state index in [2.05, 4.69) is 229 Å². The van der Waals surface area contributed by atoms with Crippen molar-refractivity contribution in [1.29, 1.82) is 0 Å². The molecule has 10 rings (SSSR count). The zero-order valence-corrected chi connectivity index (χ0v) is 31.5. The molecule has 0 radical (unpaired) electrons. The van der Waals surface area contributed by atoms with E-state index in [9.17, 15) is 0 Å². The number of hydrogen-bond donors (Lipinski definition) is 0. The lowest BCUT2D eigenvalue weighted by molar-refractivity contribution is 1.28. The Bertz CT molecular complexity index is 2960. The summed E-state index contributed by atoms with van der Waals surface area (Å²) in [6.45, 7) is 0. The van der Waals surface area contributed by atoms with Gasteiger partial charge in [-0.15, -0.1) is 11.3 Å². The fraction of sp³-hybridized carbons (Fsp3) is 0. The van der Waals surface area contributed by atoms with Gasteiger partial charge in [-0.25, -0.2) is 0 Å². The summed E-state index contributed by atoms with van der Waals surface area (Å²) in [5.74, 6) is 0. The first-order chi connectivity index (χ1) is 27.8. The highest BCUT2D eigenvalue weighted by Crippen LogP contribution is 2.50. The summed E-state index contributed by atoms with van der Waals surface area (Å²) in [6.07, 6.45) is 0. The predicted octanol–water partition coefficient (Wildman–Crippen LogP) is 15.9. The molecule has 0 atom stereocenters. The molecule has 0 spiro atoms. The Hall–Kier alpha value is -7.00. The second kappa shape index (κ2) is 14.7. The van der Waals surface area contributed by atoms with Gasteiger partial charge in [-0.1, -0.05) is 194 Å². The molecular weight excluding hydrogens is 695 g/mol. The predicted molar refractivity (Wildman–Crippen MR) is 241 cm³/mol. The normalized spacial score (nSPS) is 11.2. The van der Waals surface area contributed by atoms with Gasteiger partial charge in [0.2, 0.25) is 0 Å². The molecule has 2 heteroatoms. The second-order valence-corrected chi connectivity index (χ2v) is 15.1. The number of fused-ring (bicyclic) bond motifs is 3. The molecule has 0 unspecified atom stereocenters. The largest absolute Gasteiger partial charge is 0.309 e. The molecular formula is C54H37NS. The maximum atomic E-state index is 2.49. The smallest absolute Gasteiger partial charge is 0.0546 e. The van der Waals surface area contributed by atoms with Gasteiger partial charge in [-0.2, -0.15) is 0 Å². The molecule has 56 heavy (non-hydrogen) atoms. The van der Waals surface area contributed by atoms with E-state index < -0.39 is 0 Å². The van der Waals surface area contributed by atoms with Crippen LogP contribution < -0.4 is 4.90 Å². The minimum absolute atomic E-state index is 1.09. The van der Waals surface area contributed by atoms with Crippen LogP contribution in [0.15, 0.2) is 224 Å². The minimum atomic E-state index is 1.09. The lowest BCUT2D eigenvalue weighted by Gasteiger charge is -2.31. The summed E-state index contributed by atoms with van der Waals surface area (Å²) in [7, 11) is 0. The molecule has 9 aromatic carbocycles. The number of hydrogen-bond acceptors (Lipinski definition) is 2. The molecule has 10 aromatic rings. The van der Waals surface area contributed by atoms with Crippen LogP contribution in [0.25, 0.3) is 75.8 Å². The van der Waals surface area contributed by atoms with Gasteiger partial charge in [0.25, 0.3) is 0 Å². The Kier molecular flexibility index (Phi) is 8.79. The average Bonchev–Trinajstić information content (AvgIpc) is 3.67. The fourth-order valence-corrected chi connectivity index (χ4v) is 9.40. The standard InChI is InChI=1S/C54H37NS/c1-4-19-38(20-5-1)43-27-10-11-30-48(43)53-45(40-23-8-3-9-24-40)31-18-35-51(53)55(50-34-14-12-28-44(50)39-21-6-2-7-22-39)42-26-16-25-41(37-42)46-32-17-33-49-47-29-13-15-36-52(47)56-54(46)49/h1-37H.